The third-order valence-corrected chi connectivity index (χ3v) is 4.28. The molecule has 0 N–H and O–H groups in total. The summed E-state index contributed by atoms with van der Waals surface area (Å²) in [5.74, 6) is 4.70. The van der Waals surface area contributed by atoms with E-state index in [-0.39, 0.29) is 0 Å². The SMILES string of the molecule is CC1CCC2(C)C3C1C32. The predicted octanol–water partition coefficient (Wildman–Crippen LogP) is 2.30. The van der Waals surface area contributed by atoms with Crippen molar-refractivity contribution in [2.75, 3.05) is 0 Å². The lowest BCUT2D eigenvalue weighted by molar-refractivity contribution is 0.163. The number of rotatable bonds is 0. The molecule has 0 nitrogen and oxygen atoms in total. The van der Waals surface area contributed by atoms with Gasteiger partial charge in [0.2, 0.25) is 0 Å². The Bertz CT molecular complexity index is 154. The highest BCUT2D eigenvalue weighted by molar-refractivity contribution is 5.30. The maximum Gasteiger partial charge on any atom is -0.0258 e. The van der Waals surface area contributed by atoms with Gasteiger partial charge in [0.05, 0.1) is 0 Å². The molecule has 50 valence electrons. The van der Waals surface area contributed by atoms with Gasteiger partial charge in [0.25, 0.3) is 0 Å². The van der Waals surface area contributed by atoms with Crippen LogP contribution in [0.1, 0.15) is 26.7 Å². The van der Waals surface area contributed by atoms with E-state index >= 15 is 0 Å². The molecular weight excluding hydrogens is 108 g/mol. The Kier molecular flexibility index (Phi) is 0.518. The standard InChI is InChI=1S/C9H14/c1-5-3-4-9(2)7-6(5)8(7)9/h5-8H,3-4H2,1-2H3. The molecule has 4 saturated carbocycles. The second kappa shape index (κ2) is 0.980. The Hall–Kier alpha value is 0. The first-order chi connectivity index (χ1) is 4.25. The predicted molar refractivity (Wildman–Crippen MR) is 37.0 cm³/mol. The molecule has 0 aromatic carbocycles. The van der Waals surface area contributed by atoms with Crippen molar-refractivity contribution in [3.05, 3.63) is 0 Å². The molecule has 0 radical (unpaired) electrons. The summed E-state index contributed by atoms with van der Waals surface area (Å²) in [6.07, 6.45) is 3.06. The molecule has 0 saturated heterocycles. The van der Waals surface area contributed by atoms with E-state index in [0.717, 1.165) is 11.3 Å². The fourth-order valence-electron chi connectivity index (χ4n) is 3.51. The summed E-state index contributed by atoms with van der Waals surface area (Å²) in [5.41, 5.74) is 0.886. The lowest BCUT2D eigenvalue weighted by Crippen LogP contribution is -2.25. The maximum absolute atomic E-state index is 2.49. The van der Waals surface area contributed by atoms with Gasteiger partial charge < -0.3 is 0 Å². The van der Waals surface area contributed by atoms with E-state index in [1.54, 1.807) is 6.42 Å². The fourth-order valence-corrected chi connectivity index (χ4v) is 3.51. The molecule has 0 spiro atoms. The van der Waals surface area contributed by atoms with Crippen molar-refractivity contribution in [3.8, 4) is 0 Å². The van der Waals surface area contributed by atoms with Gasteiger partial charge in [0.1, 0.15) is 0 Å². The monoisotopic (exact) mass is 122 g/mol. The summed E-state index contributed by atoms with van der Waals surface area (Å²) in [6, 6.07) is 0. The third kappa shape index (κ3) is 0.320. The summed E-state index contributed by atoms with van der Waals surface area (Å²) < 4.78 is 0. The van der Waals surface area contributed by atoms with Crippen LogP contribution in [0, 0.1) is 29.1 Å². The molecule has 9 heavy (non-hydrogen) atoms. The first-order valence-corrected chi connectivity index (χ1v) is 4.25. The summed E-state index contributed by atoms with van der Waals surface area (Å²) in [7, 11) is 0. The van der Waals surface area contributed by atoms with Crippen LogP contribution in [0.3, 0.4) is 0 Å². The van der Waals surface area contributed by atoms with Gasteiger partial charge in [-0.3, -0.25) is 0 Å². The minimum Gasteiger partial charge on any atom is -0.0622 e. The minimum atomic E-state index is 0.886. The van der Waals surface area contributed by atoms with Crippen LogP contribution < -0.4 is 0 Å². The van der Waals surface area contributed by atoms with Crippen LogP contribution in [0.25, 0.3) is 0 Å². The van der Waals surface area contributed by atoms with Gasteiger partial charge >= 0.3 is 0 Å². The van der Waals surface area contributed by atoms with E-state index in [0.29, 0.717) is 0 Å². The number of fused-ring (bicyclic) bond motifs is 2. The van der Waals surface area contributed by atoms with E-state index < -0.39 is 0 Å². The molecule has 4 aliphatic carbocycles. The van der Waals surface area contributed by atoms with Crippen molar-refractivity contribution in [3.63, 3.8) is 0 Å². The average molecular weight is 122 g/mol. The molecular formula is C9H14. The van der Waals surface area contributed by atoms with Gasteiger partial charge in [0, 0.05) is 0 Å². The zero-order valence-electron chi connectivity index (χ0n) is 6.22. The quantitative estimate of drug-likeness (QED) is 0.462. The number of hydrogen-bond acceptors (Lipinski definition) is 0. The Morgan fingerprint density at radius 1 is 1.33 bits per heavy atom. The lowest BCUT2D eigenvalue weighted by atomic mass is 9.72. The molecule has 0 heterocycles. The van der Waals surface area contributed by atoms with Gasteiger partial charge in [-0.25, -0.2) is 0 Å². The van der Waals surface area contributed by atoms with Crippen LogP contribution in [-0.4, -0.2) is 0 Å². The van der Waals surface area contributed by atoms with Crippen LogP contribution in [0.4, 0.5) is 0 Å². The van der Waals surface area contributed by atoms with Gasteiger partial charge in [-0.1, -0.05) is 13.8 Å². The van der Waals surface area contributed by atoms with Gasteiger partial charge in [-0.15, -0.1) is 0 Å². The molecule has 0 aromatic heterocycles. The molecule has 0 aliphatic heterocycles. The minimum absolute atomic E-state index is 0.886. The molecule has 0 amide bonds. The van der Waals surface area contributed by atoms with E-state index in [1.165, 1.54) is 24.2 Å². The molecule has 2 bridgehead atoms. The zero-order valence-corrected chi connectivity index (χ0v) is 6.22. The van der Waals surface area contributed by atoms with Crippen LogP contribution >= 0.6 is 0 Å². The van der Waals surface area contributed by atoms with Crippen molar-refractivity contribution in [1.82, 2.24) is 0 Å². The average Bonchev–Trinajstić information content (AvgIpc) is 2.62. The van der Waals surface area contributed by atoms with Crippen molar-refractivity contribution >= 4 is 0 Å². The molecule has 4 aliphatic rings. The summed E-state index contributed by atoms with van der Waals surface area (Å²) in [4.78, 5) is 0. The summed E-state index contributed by atoms with van der Waals surface area (Å²) >= 11 is 0. The highest BCUT2D eigenvalue weighted by Gasteiger charge is 2.82. The smallest absolute Gasteiger partial charge is 0.0258 e. The molecule has 3 atom stereocenters. The van der Waals surface area contributed by atoms with E-state index in [9.17, 15) is 0 Å². The third-order valence-electron chi connectivity index (χ3n) is 4.28. The van der Waals surface area contributed by atoms with Crippen LogP contribution in [0.2, 0.25) is 0 Å². The van der Waals surface area contributed by atoms with Gasteiger partial charge in [0.15, 0.2) is 0 Å². The molecule has 0 heteroatoms. The second-order valence-electron chi connectivity index (χ2n) is 4.65. The topological polar surface area (TPSA) is 0 Å². The molecule has 4 rings (SSSR count). The Balaban J connectivity index is 1.90. The van der Waals surface area contributed by atoms with Crippen molar-refractivity contribution in [1.29, 1.82) is 0 Å². The molecule has 3 unspecified atom stereocenters. The number of hydrogen-bond donors (Lipinski definition) is 0. The first-order valence-electron chi connectivity index (χ1n) is 4.25. The first kappa shape index (κ1) is 4.76. The van der Waals surface area contributed by atoms with Crippen molar-refractivity contribution in [2.45, 2.75) is 26.7 Å². The van der Waals surface area contributed by atoms with Crippen molar-refractivity contribution < 1.29 is 0 Å². The maximum atomic E-state index is 2.49. The van der Waals surface area contributed by atoms with Crippen molar-refractivity contribution in [2.24, 2.45) is 29.1 Å². The Morgan fingerprint density at radius 2 is 2.00 bits per heavy atom. The van der Waals surface area contributed by atoms with E-state index in [2.05, 4.69) is 13.8 Å². The largest absolute Gasteiger partial charge is 0.0622 e. The van der Waals surface area contributed by atoms with Crippen LogP contribution in [0.5, 0.6) is 0 Å². The Labute approximate surface area is 56.6 Å². The zero-order chi connectivity index (χ0) is 6.22. The lowest BCUT2D eigenvalue weighted by Gasteiger charge is -2.33. The van der Waals surface area contributed by atoms with Crippen LogP contribution in [0.15, 0.2) is 0 Å². The highest BCUT2D eigenvalue weighted by Crippen LogP contribution is 2.87. The molecule has 0 aromatic rings. The van der Waals surface area contributed by atoms with E-state index in [4.69, 9.17) is 0 Å². The summed E-state index contributed by atoms with van der Waals surface area (Å²) in [5, 5.41) is 0. The highest BCUT2D eigenvalue weighted by atomic mass is 14.9. The molecule has 4 fully saturated rings. The second-order valence-corrected chi connectivity index (χ2v) is 4.65. The van der Waals surface area contributed by atoms with E-state index in [1.807, 2.05) is 0 Å². The Morgan fingerprint density at radius 3 is 2.44 bits per heavy atom. The van der Waals surface area contributed by atoms with Gasteiger partial charge in [-0.2, -0.15) is 0 Å². The fraction of sp³-hybridized carbons (Fsp3) is 1.00. The summed E-state index contributed by atoms with van der Waals surface area (Å²) in [6.45, 7) is 4.93. The normalized spacial score (nSPS) is 75.3. The van der Waals surface area contributed by atoms with Crippen LogP contribution in [-0.2, 0) is 0 Å². The van der Waals surface area contributed by atoms with Gasteiger partial charge in [-0.05, 0) is 41.9 Å².